The summed E-state index contributed by atoms with van der Waals surface area (Å²) in [5.41, 5.74) is -2.91. The first-order chi connectivity index (χ1) is 38.0. The highest BCUT2D eigenvalue weighted by Crippen LogP contribution is 2.41. The Kier molecular flexibility index (Phi) is 23.0. The fourth-order valence-corrected chi connectivity index (χ4v) is 13.1. The Morgan fingerprint density at radius 3 is 2.28 bits per heavy atom. The fourth-order valence-electron chi connectivity index (χ4n) is 12.1. The van der Waals surface area contributed by atoms with E-state index in [2.05, 4.69) is 20.0 Å². The van der Waals surface area contributed by atoms with E-state index in [0.29, 0.717) is 42.8 Å². The number of carbonyl (C=O) groups excluding carboxylic acids is 1. The van der Waals surface area contributed by atoms with Crippen LogP contribution in [0.25, 0.3) is 0 Å². The van der Waals surface area contributed by atoms with Crippen molar-refractivity contribution >= 4 is 16.0 Å². The van der Waals surface area contributed by atoms with E-state index in [4.69, 9.17) is 33.2 Å². The number of cyclic esters (lactones) is 1. The quantitative estimate of drug-likeness (QED) is 0.0929. The van der Waals surface area contributed by atoms with Crippen LogP contribution in [0.15, 0.2) is 59.9 Å². The Balaban J connectivity index is 1.23. The van der Waals surface area contributed by atoms with Gasteiger partial charge in [-0.15, -0.1) is 5.10 Å². The summed E-state index contributed by atoms with van der Waals surface area (Å²) in [6.07, 6.45) is -5.54. The summed E-state index contributed by atoms with van der Waals surface area (Å²) in [5, 5.41) is 68.6. The van der Waals surface area contributed by atoms with Gasteiger partial charge in [-0.1, -0.05) is 44.2 Å². The van der Waals surface area contributed by atoms with Crippen LogP contribution >= 0.6 is 0 Å². The van der Waals surface area contributed by atoms with Crippen LogP contribution in [-0.4, -0.2) is 208 Å². The van der Waals surface area contributed by atoms with E-state index < -0.39 is 137 Å². The summed E-state index contributed by atoms with van der Waals surface area (Å²) in [6, 6.07) is 7.40. The van der Waals surface area contributed by atoms with Crippen LogP contribution in [0.2, 0.25) is 0 Å². The molecule has 0 saturated carbocycles. The fraction of sp³-hybridized carbons (Fsp3) is 0.754. The second-order valence-electron chi connectivity index (χ2n) is 23.8. The number of rotatable bonds is 19. The maximum Gasteiger partial charge on any atom is 0.311 e. The highest BCUT2D eigenvalue weighted by atomic mass is 32.2. The van der Waals surface area contributed by atoms with E-state index in [-0.39, 0.29) is 36.6 Å². The van der Waals surface area contributed by atoms with Crippen molar-refractivity contribution in [1.82, 2.24) is 34.5 Å². The molecule has 20 atom stereocenters. The molecule has 6 N–H and O–H groups in total. The number of likely N-dealkylation sites (N-methyl/N-ethyl adjacent to an activating group) is 2. The van der Waals surface area contributed by atoms with Crippen LogP contribution in [-0.2, 0) is 60.9 Å². The summed E-state index contributed by atoms with van der Waals surface area (Å²) >= 11 is 0. The molecule has 0 unspecified atom stereocenters. The Hall–Kier alpha value is -3.70. The number of hydrogen-bond donors (Lipinski definition) is 6. The molecule has 6 rings (SSSR count). The van der Waals surface area contributed by atoms with Crippen molar-refractivity contribution in [3.63, 3.8) is 0 Å². The zero-order valence-electron chi connectivity index (χ0n) is 49.7. The molecule has 2 aromatic heterocycles. The molecule has 0 spiro atoms. The van der Waals surface area contributed by atoms with Crippen molar-refractivity contribution in [2.45, 2.75) is 215 Å². The molecule has 3 saturated heterocycles. The summed E-state index contributed by atoms with van der Waals surface area (Å²) in [6.45, 7) is 17.2. The van der Waals surface area contributed by atoms with Gasteiger partial charge in [0.15, 0.2) is 12.6 Å². The lowest BCUT2D eigenvalue weighted by Crippen LogP contribution is -2.61. The molecule has 3 aliphatic rings. The summed E-state index contributed by atoms with van der Waals surface area (Å²) in [7, 11) is 2.71. The number of pyridine rings is 1. The van der Waals surface area contributed by atoms with Gasteiger partial charge in [0.1, 0.15) is 48.8 Å². The van der Waals surface area contributed by atoms with Crippen LogP contribution < -0.4 is 4.72 Å². The monoisotopic (exact) mass is 1170 g/mol. The number of nitrogens with one attached hydrogen (secondary N) is 1. The van der Waals surface area contributed by atoms with Crippen molar-refractivity contribution in [3.8, 4) is 0 Å². The molecule has 458 valence electrons. The molecule has 3 fully saturated rings. The number of esters is 1. The minimum atomic E-state index is -3.87. The van der Waals surface area contributed by atoms with Gasteiger partial charge in [-0.3, -0.25) is 9.78 Å². The van der Waals surface area contributed by atoms with E-state index in [1.54, 1.807) is 91.3 Å². The van der Waals surface area contributed by atoms with Gasteiger partial charge >= 0.3 is 5.97 Å². The molecule has 0 amide bonds. The standard InChI is InChI=1S/C57H92FN7O15S/c1-15-45-57(10,71)50(67)37(6)64(12)31-33(2)26-55(8,70)52(35(4)48(36(5)53(69)78-45)79-46-27-56(9,75-14)51(68)38(7)77-46)80-54-47(66)43(25-34(3)76-54)63(11)24-22-41-32-65(62-61-41)44(28-58)49(74-13)40-18-20-42(21-19-40)81(72,73)60-30-39-17-16-23-59-29-39/h16-21,23,29,32-38,43-52,54,60,66-68,70-71H,15,22,24-28,30-31H2,1-14H3/t33-,34-,35+,36-,37-,38+,43+,44-,45-,46+,47-,48+,49-,50-,51+,52-,54+,55-,56-,57-/m1/s1. The van der Waals surface area contributed by atoms with Crippen LogP contribution in [0.3, 0.4) is 0 Å². The summed E-state index contributed by atoms with van der Waals surface area (Å²) < 4.78 is 89.2. The number of hydrogen-bond acceptors (Lipinski definition) is 20. The van der Waals surface area contributed by atoms with E-state index >= 15 is 4.39 Å². The molecule has 3 aliphatic heterocycles. The number of aromatic nitrogens is 4. The topological polar surface area (TPSA) is 279 Å². The average Bonchev–Trinajstić information content (AvgIpc) is 3.98. The molecule has 0 bridgehead atoms. The third kappa shape index (κ3) is 15.8. The molecule has 0 aliphatic carbocycles. The van der Waals surface area contributed by atoms with Crippen LogP contribution in [0.1, 0.15) is 124 Å². The van der Waals surface area contributed by atoms with E-state index in [0.717, 1.165) is 0 Å². The molecule has 24 heteroatoms. The minimum Gasteiger partial charge on any atom is -0.459 e. The van der Waals surface area contributed by atoms with Gasteiger partial charge in [-0.2, -0.15) is 0 Å². The second-order valence-corrected chi connectivity index (χ2v) is 25.5. The first kappa shape index (κ1) is 66.4. The zero-order chi connectivity index (χ0) is 59.9. The number of carbonyl (C=O) groups is 1. The third-order valence-electron chi connectivity index (χ3n) is 17.2. The number of alkyl halides is 1. The van der Waals surface area contributed by atoms with E-state index in [1.165, 1.54) is 38.0 Å². The van der Waals surface area contributed by atoms with Gasteiger partial charge in [-0.05, 0) is 117 Å². The average molecular weight is 1170 g/mol. The van der Waals surface area contributed by atoms with Crippen molar-refractivity contribution in [3.05, 3.63) is 71.8 Å². The number of benzene rings is 1. The number of sulfonamides is 1. The van der Waals surface area contributed by atoms with Crippen molar-refractivity contribution in [2.24, 2.45) is 17.8 Å². The lowest BCUT2D eigenvalue weighted by Gasteiger charge is -2.49. The van der Waals surface area contributed by atoms with Gasteiger partial charge in [0.2, 0.25) is 10.0 Å². The van der Waals surface area contributed by atoms with Gasteiger partial charge in [0, 0.05) is 83.3 Å². The molecular formula is C57H92FN7O15S. The number of halogens is 1. The predicted octanol–water partition coefficient (Wildman–Crippen LogP) is 3.88. The van der Waals surface area contributed by atoms with Gasteiger partial charge in [-0.25, -0.2) is 22.2 Å². The van der Waals surface area contributed by atoms with E-state index in [1.807, 2.05) is 37.7 Å². The SMILES string of the molecule is CC[C@H]1OC(=O)[C@H](C)[C@@H](O[C@H]2C[C@@](C)(OC)[C@@H](O)[C@H](C)O2)[C@H](C)[C@@H](O[C@@H]2O[C@H](C)C[C@H](N(C)CCc3cn([C@H](CF)[C@H](OC)c4ccc(S(=O)(=O)NCc5cccnc5)cc4)nn3)[C@H]2O)[C@](C)(O)C[C@@H](C)CN(C)[C@H](C)[C@@H](O)[C@]1(C)O. The smallest absolute Gasteiger partial charge is 0.311 e. The lowest BCUT2D eigenvalue weighted by molar-refractivity contribution is -0.318. The lowest BCUT2D eigenvalue weighted by atomic mass is 9.77. The van der Waals surface area contributed by atoms with Crippen LogP contribution in [0.4, 0.5) is 4.39 Å². The number of methoxy groups -OCH3 is 2. The molecule has 3 aromatic rings. The van der Waals surface area contributed by atoms with Crippen molar-refractivity contribution < 1.29 is 76.3 Å². The van der Waals surface area contributed by atoms with Gasteiger partial charge in [0.25, 0.3) is 0 Å². The molecule has 5 heterocycles. The summed E-state index contributed by atoms with van der Waals surface area (Å²) in [4.78, 5) is 22.4. The zero-order valence-corrected chi connectivity index (χ0v) is 50.5. The largest absolute Gasteiger partial charge is 0.459 e. The highest BCUT2D eigenvalue weighted by molar-refractivity contribution is 7.89. The van der Waals surface area contributed by atoms with E-state index in [9.17, 15) is 38.7 Å². The second kappa shape index (κ2) is 28.0. The maximum atomic E-state index is 15.0. The molecule has 0 radical (unpaired) electrons. The number of aliphatic hydroxyl groups is 5. The Morgan fingerprint density at radius 2 is 1.67 bits per heavy atom. The van der Waals surface area contributed by atoms with Crippen LogP contribution in [0.5, 0.6) is 0 Å². The number of nitrogens with zero attached hydrogens (tertiary/aromatic N) is 6. The maximum absolute atomic E-state index is 15.0. The molecular weight excluding hydrogens is 1070 g/mol. The highest BCUT2D eigenvalue weighted by Gasteiger charge is 2.53. The first-order valence-corrected chi connectivity index (χ1v) is 29.7. The number of ether oxygens (including phenoxy) is 7. The predicted molar refractivity (Wildman–Crippen MR) is 296 cm³/mol. The third-order valence-corrected chi connectivity index (χ3v) is 18.6. The molecule has 1 aromatic carbocycles. The van der Waals surface area contributed by atoms with Gasteiger partial charge < -0.3 is 68.5 Å². The number of aliphatic hydroxyl groups excluding tert-OH is 3. The Morgan fingerprint density at radius 1 is 0.975 bits per heavy atom. The Bertz CT molecular complexity index is 2550. The summed E-state index contributed by atoms with van der Waals surface area (Å²) in [5.74, 6) is -2.97. The van der Waals surface area contributed by atoms with Crippen LogP contribution in [0, 0.1) is 17.8 Å². The Labute approximate surface area is 478 Å². The normalized spacial score (nSPS) is 37.0. The van der Waals surface area contributed by atoms with Crippen molar-refractivity contribution in [1.29, 1.82) is 0 Å². The molecule has 22 nitrogen and oxygen atoms in total. The minimum absolute atomic E-state index is 0.0254. The van der Waals surface area contributed by atoms with Crippen molar-refractivity contribution in [2.75, 3.05) is 48.1 Å². The molecule has 81 heavy (non-hydrogen) atoms. The van der Waals surface area contributed by atoms with Gasteiger partial charge in [0.05, 0.1) is 52.1 Å². The first-order valence-electron chi connectivity index (χ1n) is 28.3.